The lowest BCUT2D eigenvalue weighted by atomic mass is 10.3. The summed E-state index contributed by atoms with van der Waals surface area (Å²) in [6.45, 7) is 0.809. The molecule has 1 heterocycles. The fourth-order valence-electron chi connectivity index (χ4n) is 2.60. The Morgan fingerprint density at radius 2 is 1.81 bits per heavy atom. The molecule has 1 fully saturated rings. The first-order valence-electron chi connectivity index (χ1n) is 8.14. The normalized spacial score (nSPS) is 16.2. The molecule has 1 aromatic rings. The summed E-state index contributed by atoms with van der Waals surface area (Å²) in [6.07, 6.45) is -1.62. The van der Waals surface area contributed by atoms with Gasteiger partial charge in [0.25, 0.3) is 5.91 Å². The molecule has 0 bridgehead atoms. The lowest BCUT2D eigenvalue weighted by Crippen LogP contribution is -2.54. The van der Waals surface area contributed by atoms with E-state index < -0.39 is 34.6 Å². The molecule has 1 aromatic carbocycles. The van der Waals surface area contributed by atoms with Crippen LogP contribution in [-0.2, 0) is 29.1 Å². The minimum atomic E-state index is -4.24. The van der Waals surface area contributed by atoms with Crippen LogP contribution in [0.25, 0.3) is 0 Å². The number of morpholine rings is 1. The van der Waals surface area contributed by atoms with E-state index in [1.54, 1.807) is 0 Å². The van der Waals surface area contributed by atoms with Crippen LogP contribution < -0.4 is 10.5 Å². The average Bonchev–Trinajstić information content (AvgIpc) is 2.68. The van der Waals surface area contributed by atoms with Crippen molar-refractivity contribution in [3.63, 3.8) is 0 Å². The number of benzene rings is 1. The smallest absolute Gasteiger partial charge is 0.262 e. The Hall–Kier alpha value is -2.21. The van der Waals surface area contributed by atoms with Crippen LogP contribution in [0.15, 0.2) is 29.2 Å². The van der Waals surface area contributed by atoms with E-state index in [4.69, 9.17) is 19.9 Å². The van der Waals surface area contributed by atoms with Crippen molar-refractivity contribution < 1.29 is 32.2 Å². The minimum Gasteiger partial charge on any atom is -0.497 e. The lowest BCUT2D eigenvalue weighted by molar-refractivity contribution is -0.141. The molecule has 11 heteroatoms. The van der Waals surface area contributed by atoms with Gasteiger partial charge in [0.15, 0.2) is 0 Å². The number of hydrogen-bond acceptors (Lipinski definition) is 7. The molecule has 1 atom stereocenters. The molecule has 27 heavy (non-hydrogen) atoms. The molecule has 10 nitrogen and oxygen atoms in total. The molecule has 2 rings (SSSR count). The third-order valence-electron chi connectivity index (χ3n) is 4.05. The zero-order valence-electron chi connectivity index (χ0n) is 15.2. The maximum Gasteiger partial charge on any atom is 0.262 e. The summed E-state index contributed by atoms with van der Waals surface area (Å²) in [5.74, 6) is -1.04. The summed E-state index contributed by atoms with van der Waals surface area (Å²) in [4.78, 5) is 25.6. The number of primary amides is 1. The molecular formula is C16H23N3O7S. The van der Waals surface area contributed by atoms with Gasteiger partial charge in [0, 0.05) is 20.2 Å². The van der Waals surface area contributed by atoms with E-state index in [2.05, 4.69) is 0 Å². The summed E-state index contributed by atoms with van der Waals surface area (Å²) >= 11 is 0. The number of nitrogens with zero attached hydrogens (tertiary/aromatic N) is 2. The lowest BCUT2D eigenvalue weighted by Gasteiger charge is -2.31. The third-order valence-corrected chi connectivity index (χ3v) is 5.86. The quantitative estimate of drug-likeness (QED) is 0.553. The Morgan fingerprint density at radius 3 is 2.30 bits per heavy atom. The Kier molecular flexibility index (Phi) is 7.13. The first kappa shape index (κ1) is 21.1. The van der Waals surface area contributed by atoms with Gasteiger partial charge >= 0.3 is 0 Å². The van der Waals surface area contributed by atoms with Crippen molar-refractivity contribution in [3.8, 4) is 5.75 Å². The molecule has 1 aliphatic heterocycles. The maximum atomic E-state index is 13.1. The fraction of sp³-hybridized carbons (Fsp3) is 0.500. The van der Waals surface area contributed by atoms with Gasteiger partial charge in [-0.05, 0) is 24.3 Å². The van der Waals surface area contributed by atoms with Crippen LogP contribution in [0.3, 0.4) is 0 Å². The van der Waals surface area contributed by atoms with Crippen LogP contribution in [0.2, 0.25) is 0 Å². The van der Waals surface area contributed by atoms with Gasteiger partial charge in [0.2, 0.25) is 22.2 Å². The maximum absolute atomic E-state index is 13.1. The average molecular weight is 401 g/mol. The van der Waals surface area contributed by atoms with Crippen LogP contribution in [0, 0.1) is 0 Å². The largest absolute Gasteiger partial charge is 0.497 e. The second kappa shape index (κ2) is 9.13. The molecular weight excluding hydrogens is 378 g/mol. The standard InChI is InChI=1S/C16H23N3O7S/c1-24-12-3-5-13(6-4-12)27(22,23)19(16(25-2)15(17)21)11-14(20)18-7-9-26-10-8-18/h3-6,16H,7-11H2,1-2H3,(H2,17,21). The van der Waals surface area contributed by atoms with Gasteiger partial charge in [0.05, 0.1) is 31.8 Å². The van der Waals surface area contributed by atoms with Crippen molar-refractivity contribution in [1.29, 1.82) is 0 Å². The number of ether oxygens (including phenoxy) is 3. The first-order chi connectivity index (χ1) is 12.8. The number of nitrogens with two attached hydrogens (primary N) is 1. The molecule has 2 N–H and O–H groups in total. The molecule has 1 aliphatic rings. The fourth-order valence-corrected chi connectivity index (χ4v) is 4.07. The number of carbonyl (C=O) groups is 2. The molecule has 150 valence electrons. The van der Waals surface area contributed by atoms with Crippen molar-refractivity contribution in [1.82, 2.24) is 9.21 Å². The van der Waals surface area contributed by atoms with Crippen LogP contribution in [-0.4, -0.2) is 82.7 Å². The van der Waals surface area contributed by atoms with Crippen molar-refractivity contribution in [2.24, 2.45) is 5.73 Å². The second-order valence-electron chi connectivity index (χ2n) is 5.71. The van der Waals surface area contributed by atoms with Crippen molar-refractivity contribution in [3.05, 3.63) is 24.3 Å². The van der Waals surface area contributed by atoms with Gasteiger partial charge in [-0.15, -0.1) is 0 Å². The highest BCUT2D eigenvalue weighted by Crippen LogP contribution is 2.22. The van der Waals surface area contributed by atoms with Crippen LogP contribution in [0.1, 0.15) is 0 Å². The van der Waals surface area contributed by atoms with Gasteiger partial charge in [0.1, 0.15) is 5.75 Å². The molecule has 1 saturated heterocycles. The van der Waals surface area contributed by atoms with Gasteiger partial charge in [-0.2, -0.15) is 4.31 Å². The Bertz CT molecular complexity index is 761. The highest BCUT2D eigenvalue weighted by molar-refractivity contribution is 7.89. The zero-order chi connectivity index (χ0) is 20.0. The van der Waals surface area contributed by atoms with Crippen LogP contribution in [0.5, 0.6) is 5.75 Å². The molecule has 0 spiro atoms. The molecule has 0 radical (unpaired) electrons. The Balaban J connectivity index is 2.34. The molecule has 1 unspecified atom stereocenters. The number of amides is 2. The van der Waals surface area contributed by atoms with Gasteiger partial charge in [-0.1, -0.05) is 0 Å². The predicted molar refractivity (Wildman–Crippen MR) is 94.3 cm³/mol. The van der Waals surface area contributed by atoms with Gasteiger partial charge in [-0.25, -0.2) is 8.42 Å². The van der Waals surface area contributed by atoms with Gasteiger partial charge < -0.3 is 24.8 Å². The van der Waals surface area contributed by atoms with Crippen molar-refractivity contribution in [2.45, 2.75) is 11.1 Å². The molecule has 0 aromatic heterocycles. The topological polar surface area (TPSA) is 128 Å². The van der Waals surface area contributed by atoms with Crippen molar-refractivity contribution in [2.75, 3.05) is 47.1 Å². The van der Waals surface area contributed by atoms with Crippen molar-refractivity contribution >= 4 is 21.8 Å². The molecule has 0 saturated carbocycles. The monoisotopic (exact) mass is 401 g/mol. The number of sulfonamides is 1. The molecule has 0 aliphatic carbocycles. The van der Waals surface area contributed by atoms with E-state index in [9.17, 15) is 18.0 Å². The van der Waals surface area contributed by atoms with E-state index in [0.717, 1.165) is 7.11 Å². The summed E-state index contributed by atoms with van der Waals surface area (Å²) in [6, 6.07) is 5.55. The number of methoxy groups -OCH3 is 2. The second-order valence-corrected chi connectivity index (χ2v) is 7.60. The highest BCUT2D eigenvalue weighted by atomic mass is 32.2. The van der Waals surface area contributed by atoms with Gasteiger partial charge in [-0.3, -0.25) is 9.59 Å². The van der Waals surface area contributed by atoms with Crippen LogP contribution >= 0.6 is 0 Å². The predicted octanol–water partition coefficient (Wildman–Crippen LogP) is -0.997. The molecule has 2 amide bonds. The Morgan fingerprint density at radius 1 is 1.22 bits per heavy atom. The Labute approximate surface area is 157 Å². The number of carbonyl (C=O) groups excluding carboxylic acids is 2. The van der Waals surface area contributed by atoms with E-state index in [1.165, 1.54) is 36.3 Å². The van der Waals surface area contributed by atoms with E-state index in [0.29, 0.717) is 36.4 Å². The van der Waals surface area contributed by atoms with E-state index in [1.807, 2.05) is 0 Å². The summed E-state index contributed by atoms with van der Waals surface area (Å²) in [7, 11) is -1.65. The van der Waals surface area contributed by atoms with Crippen LogP contribution in [0.4, 0.5) is 0 Å². The SMILES string of the molecule is COc1ccc(S(=O)(=O)N(CC(=O)N2CCOCC2)C(OC)C(N)=O)cc1. The summed E-state index contributed by atoms with van der Waals surface area (Å²) in [5, 5.41) is 0. The summed E-state index contributed by atoms with van der Waals surface area (Å²) in [5.41, 5.74) is 5.29. The third kappa shape index (κ3) is 4.95. The number of hydrogen-bond donors (Lipinski definition) is 1. The highest BCUT2D eigenvalue weighted by Gasteiger charge is 2.37. The minimum absolute atomic E-state index is 0.124. The number of rotatable bonds is 8. The van der Waals surface area contributed by atoms with E-state index >= 15 is 0 Å². The first-order valence-corrected chi connectivity index (χ1v) is 9.58. The zero-order valence-corrected chi connectivity index (χ0v) is 16.0. The summed E-state index contributed by atoms with van der Waals surface area (Å²) < 4.78 is 41.9. The van der Waals surface area contributed by atoms with E-state index in [-0.39, 0.29) is 4.90 Å².